The number of hydrogen-bond acceptors (Lipinski definition) is 6. The van der Waals surface area contributed by atoms with Crippen molar-refractivity contribution in [3.05, 3.63) is 88.9 Å². The molecule has 1 atom stereocenters. The van der Waals surface area contributed by atoms with Gasteiger partial charge in [0.25, 0.3) is 0 Å². The number of anilines is 1. The van der Waals surface area contributed by atoms with Crippen molar-refractivity contribution in [2.45, 2.75) is 17.0 Å². The number of rotatable bonds is 5. The first-order valence-electron chi connectivity index (χ1n) is 9.69. The lowest BCUT2D eigenvalue weighted by Crippen LogP contribution is -2.34. The molecule has 1 aliphatic heterocycles. The number of sulfonamides is 1. The molecule has 178 valence electrons. The van der Waals surface area contributed by atoms with Crippen molar-refractivity contribution < 1.29 is 31.4 Å². The maximum atomic E-state index is 12.5. The molecule has 0 aliphatic carbocycles. The minimum atomic E-state index is -4.84. The minimum absolute atomic E-state index is 0.0871. The fraction of sp³-hybridized carbons (Fsp3) is 0.136. The van der Waals surface area contributed by atoms with E-state index in [2.05, 4.69) is 9.73 Å². The second-order valence-electron chi connectivity index (χ2n) is 7.46. The van der Waals surface area contributed by atoms with Crippen LogP contribution in [0.3, 0.4) is 0 Å². The summed E-state index contributed by atoms with van der Waals surface area (Å²) < 4.78 is 64.5. The predicted molar refractivity (Wildman–Crippen MR) is 120 cm³/mol. The van der Waals surface area contributed by atoms with Crippen LogP contribution in [0.4, 0.5) is 18.9 Å². The van der Waals surface area contributed by atoms with E-state index in [1.807, 2.05) is 0 Å². The molecule has 0 saturated carbocycles. The Bertz CT molecular complexity index is 1330. The Hall–Kier alpha value is -3.12. The third-order valence-corrected chi connectivity index (χ3v) is 6.24. The molecule has 1 heterocycles. The van der Waals surface area contributed by atoms with Crippen molar-refractivity contribution in [2.75, 3.05) is 11.4 Å². The fourth-order valence-electron chi connectivity index (χ4n) is 3.49. The van der Waals surface area contributed by atoms with E-state index in [9.17, 15) is 26.7 Å². The van der Waals surface area contributed by atoms with Crippen molar-refractivity contribution in [3.63, 3.8) is 0 Å². The molecule has 0 aromatic heterocycles. The maximum Gasteiger partial charge on any atom is 0.573 e. The summed E-state index contributed by atoms with van der Waals surface area (Å²) in [6.07, 6.45) is -4.84. The number of hydrogen-bond donors (Lipinski definition) is 2. The highest BCUT2D eigenvalue weighted by Gasteiger charge is 2.40. The number of nitrogens with two attached hydrogens (primary N) is 1. The quantitative estimate of drug-likeness (QED) is 0.539. The van der Waals surface area contributed by atoms with Crippen LogP contribution in [0.25, 0.3) is 0 Å². The van der Waals surface area contributed by atoms with E-state index >= 15 is 0 Å². The van der Waals surface area contributed by atoms with Crippen LogP contribution in [0.15, 0.2) is 82.7 Å². The largest absolute Gasteiger partial charge is 0.573 e. The minimum Gasteiger partial charge on any atom is -0.406 e. The predicted octanol–water partition coefficient (Wildman–Crippen LogP) is 4.00. The van der Waals surface area contributed by atoms with E-state index in [0.29, 0.717) is 22.1 Å². The van der Waals surface area contributed by atoms with E-state index < -0.39 is 27.9 Å². The number of β-amino-alcohol motifs (C(OH)–C–C–N with tert-alkyl or cyclic N) is 1. The second-order valence-corrected chi connectivity index (χ2v) is 9.45. The zero-order valence-electron chi connectivity index (χ0n) is 17.2. The van der Waals surface area contributed by atoms with Gasteiger partial charge in [0, 0.05) is 21.8 Å². The molecular weight excluding hydrogens is 495 g/mol. The number of benzene rings is 3. The Kier molecular flexibility index (Phi) is 6.06. The summed E-state index contributed by atoms with van der Waals surface area (Å²) in [5, 5.41) is 17.0. The Labute approximate surface area is 197 Å². The zero-order valence-corrected chi connectivity index (χ0v) is 18.8. The van der Waals surface area contributed by atoms with Gasteiger partial charge >= 0.3 is 6.36 Å². The molecule has 0 fully saturated rings. The molecule has 0 spiro atoms. The van der Waals surface area contributed by atoms with Crippen LogP contribution < -0.4 is 14.8 Å². The molecule has 34 heavy (non-hydrogen) atoms. The van der Waals surface area contributed by atoms with Crippen LogP contribution in [0.1, 0.15) is 11.1 Å². The van der Waals surface area contributed by atoms with Crippen molar-refractivity contribution in [1.29, 1.82) is 0 Å². The molecule has 1 unspecified atom stereocenters. The topological polar surface area (TPSA) is 105 Å². The lowest BCUT2D eigenvalue weighted by Gasteiger charge is -2.25. The molecule has 3 aromatic rings. The van der Waals surface area contributed by atoms with Gasteiger partial charge in [-0.25, -0.2) is 18.5 Å². The van der Waals surface area contributed by atoms with Crippen LogP contribution in [0.5, 0.6) is 5.75 Å². The highest BCUT2D eigenvalue weighted by atomic mass is 35.5. The van der Waals surface area contributed by atoms with Gasteiger partial charge in [-0.05, 0) is 60.7 Å². The van der Waals surface area contributed by atoms with Gasteiger partial charge in [0.05, 0.1) is 11.4 Å². The maximum absolute atomic E-state index is 12.5. The monoisotopic (exact) mass is 511 g/mol. The van der Waals surface area contributed by atoms with Crippen molar-refractivity contribution in [1.82, 2.24) is 0 Å². The summed E-state index contributed by atoms with van der Waals surface area (Å²) >= 11 is 5.98. The summed E-state index contributed by atoms with van der Waals surface area (Å²) in [5.74, 6) is -0.0895. The number of amidine groups is 1. The zero-order chi connectivity index (χ0) is 24.7. The van der Waals surface area contributed by atoms with Gasteiger partial charge in [-0.1, -0.05) is 23.7 Å². The number of primary sulfonamides is 1. The summed E-state index contributed by atoms with van der Waals surface area (Å²) in [6.45, 7) is -0.0981. The van der Waals surface area contributed by atoms with E-state index in [1.54, 1.807) is 29.2 Å². The number of aliphatic hydroxyl groups is 1. The molecule has 7 nitrogen and oxygen atoms in total. The van der Waals surface area contributed by atoms with Gasteiger partial charge < -0.3 is 14.7 Å². The number of nitrogens with zero attached hydrogens (tertiary/aromatic N) is 2. The average Bonchev–Trinajstić information content (AvgIpc) is 3.12. The van der Waals surface area contributed by atoms with Crippen molar-refractivity contribution >= 4 is 33.1 Å². The first-order chi connectivity index (χ1) is 15.8. The van der Waals surface area contributed by atoms with E-state index in [4.69, 9.17) is 16.7 Å². The second kappa shape index (κ2) is 8.58. The summed E-state index contributed by atoms with van der Waals surface area (Å²) in [5.41, 5.74) is -0.469. The highest BCUT2D eigenvalue weighted by Crippen LogP contribution is 2.36. The van der Waals surface area contributed by atoms with Gasteiger partial charge in [0.2, 0.25) is 15.7 Å². The molecule has 3 aromatic carbocycles. The Balaban J connectivity index is 1.73. The normalized spacial score (nSPS) is 18.6. The van der Waals surface area contributed by atoms with Crippen molar-refractivity contribution in [2.24, 2.45) is 10.1 Å². The molecule has 0 amide bonds. The SMILES string of the molecule is NS(=O)(=O)c1ccc(N2CC(O)(c3ccc(OC(F)(F)F)cc3)N=C2c2ccc(Cl)cc2)cc1. The summed E-state index contributed by atoms with van der Waals surface area (Å²) in [7, 11) is -3.90. The Morgan fingerprint density at radius 3 is 2.12 bits per heavy atom. The lowest BCUT2D eigenvalue weighted by atomic mass is 10.0. The van der Waals surface area contributed by atoms with Gasteiger partial charge in [0.1, 0.15) is 11.6 Å². The van der Waals surface area contributed by atoms with E-state index in [-0.39, 0.29) is 17.0 Å². The highest BCUT2D eigenvalue weighted by molar-refractivity contribution is 7.89. The lowest BCUT2D eigenvalue weighted by molar-refractivity contribution is -0.274. The van der Waals surface area contributed by atoms with Crippen LogP contribution in [0.2, 0.25) is 5.02 Å². The molecule has 0 saturated heterocycles. The van der Waals surface area contributed by atoms with Gasteiger partial charge in [-0.2, -0.15) is 0 Å². The van der Waals surface area contributed by atoms with Gasteiger partial charge in [-0.15, -0.1) is 13.2 Å². The summed E-state index contributed by atoms with van der Waals surface area (Å²) in [4.78, 5) is 6.03. The third-order valence-electron chi connectivity index (χ3n) is 5.05. The first-order valence-corrected chi connectivity index (χ1v) is 11.6. The van der Waals surface area contributed by atoms with Crippen molar-refractivity contribution in [3.8, 4) is 5.75 Å². The Morgan fingerprint density at radius 2 is 1.59 bits per heavy atom. The Morgan fingerprint density at radius 1 is 1.00 bits per heavy atom. The molecule has 0 bridgehead atoms. The van der Waals surface area contributed by atoms with E-state index in [1.165, 1.54) is 36.4 Å². The molecule has 1 aliphatic rings. The third kappa shape index (κ3) is 5.17. The van der Waals surface area contributed by atoms with Crippen LogP contribution in [-0.2, 0) is 15.7 Å². The van der Waals surface area contributed by atoms with E-state index in [0.717, 1.165) is 12.1 Å². The van der Waals surface area contributed by atoms with Gasteiger partial charge in [0.15, 0.2) is 0 Å². The first kappa shape index (κ1) is 24.0. The molecule has 0 radical (unpaired) electrons. The number of alkyl halides is 3. The smallest absolute Gasteiger partial charge is 0.406 e. The fourth-order valence-corrected chi connectivity index (χ4v) is 4.14. The number of ether oxygens (including phenoxy) is 1. The molecule has 12 heteroatoms. The van der Waals surface area contributed by atoms with Crippen LogP contribution >= 0.6 is 11.6 Å². The average molecular weight is 512 g/mol. The molecule has 3 N–H and O–H groups in total. The van der Waals surface area contributed by atoms with Crippen LogP contribution in [-0.4, -0.2) is 32.3 Å². The molecule has 4 rings (SSSR count). The number of halogens is 4. The van der Waals surface area contributed by atoms with Gasteiger partial charge in [-0.3, -0.25) is 0 Å². The molecular formula is C22H17ClF3N3O4S. The standard InChI is InChI=1S/C22H17ClF3N3O4S/c23-16-5-1-14(2-6-16)20-28-21(30,15-3-9-18(10-4-15)33-22(24,25)26)13-29(20)17-7-11-19(12-8-17)34(27,31)32/h1-12,30H,13H2,(H2,27,31,32). The summed E-state index contributed by atoms with van der Waals surface area (Å²) in [6, 6.07) is 17.1. The number of aliphatic imine (C=N–C) groups is 1. The van der Waals surface area contributed by atoms with Crippen LogP contribution in [0, 0.1) is 0 Å².